The fourth-order valence-electron chi connectivity index (χ4n) is 0.922. The minimum Gasteiger partial charge on any atom is -0.480 e. The molecular weight excluding hydrogens is 206 g/mol. The Morgan fingerprint density at radius 2 is 2.09 bits per heavy atom. The maximum atomic E-state index is 5.05. The Bertz CT molecular complexity index is 273. The number of nitrogens with zero attached hydrogens (tertiary/aromatic N) is 1. The molecule has 0 N–H and O–H groups in total. The first-order chi connectivity index (χ1) is 5.15. The lowest BCUT2D eigenvalue weighted by molar-refractivity contribution is 0.393. The molecule has 0 unspecified atom stereocenters. The van der Waals surface area contributed by atoms with E-state index in [1.807, 2.05) is 19.9 Å². The molecule has 1 heterocycles. The van der Waals surface area contributed by atoms with Crippen LogP contribution in [0.3, 0.4) is 0 Å². The van der Waals surface area contributed by atoms with Crippen molar-refractivity contribution in [1.82, 2.24) is 4.98 Å². The van der Waals surface area contributed by atoms with Gasteiger partial charge in [0.25, 0.3) is 0 Å². The highest BCUT2D eigenvalue weighted by Crippen LogP contribution is 2.26. The van der Waals surface area contributed by atoms with Gasteiger partial charge in [-0.2, -0.15) is 0 Å². The van der Waals surface area contributed by atoms with Gasteiger partial charge in [-0.25, -0.2) is 4.98 Å². The molecule has 3 heteroatoms. The average Bonchev–Trinajstić information content (AvgIpc) is 1.96. The lowest BCUT2D eigenvalue weighted by Crippen LogP contribution is -1.93. The second kappa shape index (κ2) is 3.22. The molecule has 0 spiro atoms. The Hall–Kier alpha value is -0.570. The Kier molecular flexibility index (Phi) is 2.49. The lowest BCUT2D eigenvalue weighted by atomic mass is 10.2. The molecule has 0 saturated heterocycles. The summed E-state index contributed by atoms with van der Waals surface area (Å²) in [5, 5.41) is 0. The topological polar surface area (TPSA) is 22.1 Å². The van der Waals surface area contributed by atoms with Crippen molar-refractivity contribution in [2.45, 2.75) is 13.8 Å². The normalized spacial score (nSPS) is 9.82. The van der Waals surface area contributed by atoms with E-state index in [-0.39, 0.29) is 0 Å². The molecule has 2 nitrogen and oxygen atoms in total. The van der Waals surface area contributed by atoms with E-state index in [1.165, 1.54) is 0 Å². The van der Waals surface area contributed by atoms with Crippen LogP contribution in [0.15, 0.2) is 10.5 Å². The van der Waals surface area contributed by atoms with E-state index < -0.39 is 0 Å². The molecule has 0 atom stereocenters. The Labute approximate surface area is 74.7 Å². The highest BCUT2D eigenvalue weighted by atomic mass is 79.9. The maximum absolute atomic E-state index is 5.05. The van der Waals surface area contributed by atoms with Gasteiger partial charge in [-0.3, -0.25) is 0 Å². The zero-order chi connectivity index (χ0) is 8.43. The van der Waals surface area contributed by atoms with Crippen LogP contribution < -0.4 is 4.74 Å². The minimum atomic E-state index is 0.655. The highest BCUT2D eigenvalue weighted by molar-refractivity contribution is 9.10. The Morgan fingerprint density at radius 3 is 2.64 bits per heavy atom. The predicted octanol–water partition coefficient (Wildman–Crippen LogP) is 2.47. The van der Waals surface area contributed by atoms with Crippen LogP contribution in [0.1, 0.15) is 11.3 Å². The molecule has 0 saturated carbocycles. The number of methoxy groups -OCH3 is 1. The highest BCUT2D eigenvalue weighted by Gasteiger charge is 2.04. The van der Waals surface area contributed by atoms with E-state index in [0.717, 1.165) is 15.7 Å². The summed E-state index contributed by atoms with van der Waals surface area (Å²) in [6.07, 6.45) is 0. The number of aryl methyl sites for hydroxylation is 2. The Balaban J connectivity index is 3.24. The van der Waals surface area contributed by atoms with Crippen LogP contribution >= 0.6 is 15.9 Å². The van der Waals surface area contributed by atoms with Gasteiger partial charge < -0.3 is 4.74 Å². The van der Waals surface area contributed by atoms with Crippen LogP contribution in [0.25, 0.3) is 0 Å². The van der Waals surface area contributed by atoms with Crippen molar-refractivity contribution in [2.75, 3.05) is 7.11 Å². The lowest BCUT2D eigenvalue weighted by Gasteiger charge is -2.05. The first kappa shape index (κ1) is 8.53. The molecule has 0 aliphatic carbocycles. The molecule has 0 bridgehead atoms. The molecule has 1 aromatic rings. The Morgan fingerprint density at radius 1 is 1.45 bits per heavy atom. The largest absolute Gasteiger partial charge is 0.480 e. The second-order valence-corrected chi connectivity index (χ2v) is 3.20. The van der Waals surface area contributed by atoms with Crippen molar-refractivity contribution in [3.8, 4) is 5.88 Å². The van der Waals surface area contributed by atoms with Gasteiger partial charge in [0.1, 0.15) is 0 Å². The van der Waals surface area contributed by atoms with E-state index in [9.17, 15) is 0 Å². The molecule has 0 aliphatic rings. The number of pyridine rings is 1. The molecular formula is C8H10BrNO. The average molecular weight is 216 g/mol. The summed E-state index contributed by atoms with van der Waals surface area (Å²) in [4.78, 5) is 4.18. The molecule has 0 radical (unpaired) electrons. The van der Waals surface area contributed by atoms with Gasteiger partial charge in [0.05, 0.1) is 11.6 Å². The number of rotatable bonds is 1. The van der Waals surface area contributed by atoms with Crippen LogP contribution in [0.2, 0.25) is 0 Å². The summed E-state index contributed by atoms with van der Waals surface area (Å²) < 4.78 is 5.98. The molecule has 11 heavy (non-hydrogen) atoms. The van der Waals surface area contributed by atoms with Crippen LogP contribution in [0.5, 0.6) is 5.88 Å². The van der Waals surface area contributed by atoms with Gasteiger partial charge in [-0.05, 0) is 41.4 Å². The molecule has 0 fully saturated rings. The fraction of sp³-hybridized carbons (Fsp3) is 0.375. The third-order valence-corrected chi connectivity index (χ3v) is 2.40. The van der Waals surface area contributed by atoms with Gasteiger partial charge in [0, 0.05) is 5.69 Å². The van der Waals surface area contributed by atoms with Crippen molar-refractivity contribution in [3.63, 3.8) is 0 Å². The van der Waals surface area contributed by atoms with E-state index in [2.05, 4.69) is 20.9 Å². The van der Waals surface area contributed by atoms with E-state index >= 15 is 0 Å². The zero-order valence-electron chi connectivity index (χ0n) is 6.81. The third kappa shape index (κ3) is 1.71. The predicted molar refractivity (Wildman–Crippen MR) is 48.0 cm³/mol. The fourth-order valence-corrected chi connectivity index (χ4v) is 1.29. The first-order valence-corrected chi connectivity index (χ1v) is 4.12. The van der Waals surface area contributed by atoms with E-state index in [4.69, 9.17) is 4.74 Å². The van der Waals surface area contributed by atoms with Crippen LogP contribution in [0.4, 0.5) is 0 Å². The first-order valence-electron chi connectivity index (χ1n) is 3.33. The van der Waals surface area contributed by atoms with Crippen molar-refractivity contribution < 1.29 is 4.74 Å². The van der Waals surface area contributed by atoms with Crippen molar-refractivity contribution >= 4 is 15.9 Å². The van der Waals surface area contributed by atoms with Gasteiger partial charge >= 0.3 is 0 Å². The van der Waals surface area contributed by atoms with E-state index in [0.29, 0.717) is 5.88 Å². The number of halogens is 1. The van der Waals surface area contributed by atoms with Gasteiger partial charge in [0.15, 0.2) is 0 Å². The monoisotopic (exact) mass is 215 g/mol. The molecule has 0 amide bonds. The number of ether oxygens (including phenoxy) is 1. The van der Waals surface area contributed by atoms with Gasteiger partial charge in [-0.1, -0.05) is 0 Å². The number of hydrogen-bond donors (Lipinski definition) is 0. The summed E-state index contributed by atoms with van der Waals surface area (Å²) >= 11 is 3.39. The van der Waals surface area contributed by atoms with Crippen LogP contribution in [0, 0.1) is 13.8 Å². The zero-order valence-corrected chi connectivity index (χ0v) is 8.40. The maximum Gasteiger partial charge on any atom is 0.228 e. The SMILES string of the molecule is COc1nc(C)cc(C)c1Br. The van der Waals surface area contributed by atoms with E-state index in [1.54, 1.807) is 7.11 Å². The van der Waals surface area contributed by atoms with Gasteiger partial charge in [0.2, 0.25) is 5.88 Å². The quantitative estimate of drug-likeness (QED) is 0.719. The summed E-state index contributed by atoms with van der Waals surface area (Å²) in [6.45, 7) is 3.96. The molecule has 60 valence electrons. The second-order valence-electron chi connectivity index (χ2n) is 2.40. The van der Waals surface area contributed by atoms with Crippen molar-refractivity contribution in [2.24, 2.45) is 0 Å². The van der Waals surface area contributed by atoms with Gasteiger partial charge in [-0.15, -0.1) is 0 Å². The number of aromatic nitrogens is 1. The number of hydrogen-bond acceptors (Lipinski definition) is 2. The summed E-state index contributed by atoms with van der Waals surface area (Å²) in [5.74, 6) is 0.655. The summed E-state index contributed by atoms with van der Waals surface area (Å²) in [6, 6.07) is 2.01. The van der Waals surface area contributed by atoms with Crippen molar-refractivity contribution in [3.05, 3.63) is 21.8 Å². The molecule has 0 aliphatic heterocycles. The summed E-state index contributed by atoms with van der Waals surface area (Å²) in [5.41, 5.74) is 2.12. The molecule has 1 rings (SSSR count). The third-order valence-electron chi connectivity index (χ3n) is 1.43. The molecule has 1 aromatic heterocycles. The minimum absolute atomic E-state index is 0.655. The standard InChI is InChI=1S/C8H10BrNO/c1-5-4-6(2)10-8(11-3)7(5)9/h4H,1-3H3. The van der Waals surface area contributed by atoms with Crippen LogP contribution in [-0.4, -0.2) is 12.1 Å². The summed E-state index contributed by atoms with van der Waals surface area (Å²) in [7, 11) is 1.62. The van der Waals surface area contributed by atoms with Crippen molar-refractivity contribution in [1.29, 1.82) is 0 Å². The van der Waals surface area contributed by atoms with Crippen LogP contribution in [-0.2, 0) is 0 Å². The molecule has 0 aromatic carbocycles. The smallest absolute Gasteiger partial charge is 0.228 e.